The molecule has 0 fully saturated rings. The minimum Gasteiger partial charge on any atom is -0.322 e. The lowest BCUT2D eigenvalue weighted by Crippen LogP contribution is -2.28. The van der Waals surface area contributed by atoms with Crippen LogP contribution in [0.3, 0.4) is 0 Å². The van der Waals surface area contributed by atoms with E-state index in [1.807, 2.05) is 47.4 Å². The van der Waals surface area contributed by atoms with Gasteiger partial charge in [-0.1, -0.05) is 50.2 Å². The van der Waals surface area contributed by atoms with Gasteiger partial charge in [-0.2, -0.15) is 0 Å². The predicted octanol–water partition coefficient (Wildman–Crippen LogP) is 5.27. The lowest BCUT2D eigenvalue weighted by molar-refractivity contribution is 0.0986. The van der Waals surface area contributed by atoms with Crippen LogP contribution < -0.4 is 10.2 Å². The maximum Gasteiger partial charge on any atom is 0.258 e. The second kappa shape index (κ2) is 7.92. The zero-order chi connectivity index (χ0) is 20.4. The molecule has 1 heterocycles. The molecule has 1 aliphatic rings. The van der Waals surface area contributed by atoms with Crippen LogP contribution in [0.1, 0.15) is 51.6 Å². The molecule has 0 spiro atoms. The molecule has 0 aromatic heterocycles. The Balaban J connectivity index is 1.50. The average molecular weight is 384 g/mol. The SMILES string of the molecule is CC(C)c1ccccc1NC(=O)c1ccc(C(=O)N2CCc3ccccc32)cc1. The van der Waals surface area contributed by atoms with Gasteiger partial charge in [-0.05, 0) is 59.9 Å². The van der Waals surface area contributed by atoms with Gasteiger partial charge in [0.15, 0.2) is 0 Å². The van der Waals surface area contributed by atoms with Crippen molar-refractivity contribution in [3.8, 4) is 0 Å². The van der Waals surface area contributed by atoms with Crippen LogP contribution in [0.4, 0.5) is 11.4 Å². The van der Waals surface area contributed by atoms with Crippen LogP contribution in [0, 0.1) is 0 Å². The summed E-state index contributed by atoms with van der Waals surface area (Å²) >= 11 is 0. The molecule has 4 rings (SSSR count). The lowest BCUT2D eigenvalue weighted by Gasteiger charge is -2.17. The number of hydrogen-bond donors (Lipinski definition) is 1. The molecular weight excluding hydrogens is 360 g/mol. The molecule has 1 aliphatic heterocycles. The Morgan fingerprint density at radius 3 is 2.28 bits per heavy atom. The molecule has 3 aromatic rings. The Morgan fingerprint density at radius 2 is 1.52 bits per heavy atom. The van der Waals surface area contributed by atoms with Crippen LogP contribution in [0.5, 0.6) is 0 Å². The van der Waals surface area contributed by atoms with Crippen molar-refractivity contribution in [3.05, 3.63) is 95.1 Å². The standard InChI is InChI=1S/C25H24N2O2/c1-17(2)21-8-4-5-9-22(21)26-24(28)19-11-13-20(14-12-19)25(29)27-16-15-18-7-3-6-10-23(18)27/h3-14,17H,15-16H2,1-2H3,(H,26,28). The second-order valence-corrected chi connectivity index (χ2v) is 7.61. The van der Waals surface area contributed by atoms with Gasteiger partial charge in [-0.15, -0.1) is 0 Å². The number of nitrogens with zero attached hydrogens (tertiary/aromatic N) is 1. The first-order chi connectivity index (χ1) is 14.0. The van der Waals surface area contributed by atoms with Gasteiger partial charge in [0.1, 0.15) is 0 Å². The summed E-state index contributed by atoms with van der Waals surface area (Å²) in [4.78, 5) is 27.4. The summed E-state index contributed by atoms with van der Waals surface area (Å²) in [7, 11) is 0. The van der Waals surface area contributed by atoms with Crippen LogP contribution >= 0.6 is 0 Å². The Bertz CT molecular complexity index is 1050. The van der Waals surface area contributed by atoms with Crippen molar-refractivity contribution in [2.45, 2.75) is 26.2 Å². The van der Waals surface area contributed by atoms with E-state index in [1.165, 1.54) is 5.56 Å². The highest BCUT2D eigenvalue weighted by atomic mass is 16.2. The van der Waals surface area contributed by atoms with E-state index < -0.39 is 0 Å². The zero-order valence-electron chi connectivity index (χ0n) is 16.7. The Morgan fingerprint density at radius 1 is 0.862 bits per heavy atom. The van der Waals surface area contributed by atoms with Crippen LogP contribution in [-0.4, -0.2) is 18.4 Å². The number of rotatable bonds is 4. The summed E-state index contributed by atoms with van der Waals surface area (Å²) < 4.78 is 0. The number of fused-ring (bicyclic) bond motifs is 1. The molecule has 0 atom stereocenters. The van der Waals surface area contributed by atoms with Crippen molar-refractivity contribution >= 4 is 23.2 Å². The van der Waals surface area contributed by atoms with Gasteiger partial charge in [0.25, 0.3) is 11.8 Å². The van der Waals surface area contributed by atoms with E-state index in [9.17, 15) is 9.59 Å². The lowest BCUT2D eigenvalue weighted by atomic mass is 10.0. The number of nitrogens with one attached hydrogen (secondary N) is 1. The van der Waals surface area contributed by atoms with Gasteiger partial charge in [-0.25, -0.2) is 0 Å². The number of benzene rings is 3. The third kappa shape index (κ3) is 3.79. The number of para-hydroxylation sites is 2. The fourth-order valence-electron chi connectivity index (χ4n) is 3.78. The number of hydrogen-bond acceptors (Lipinski definition) is 2. The molecule has 0 bridgehead atoms. The first kappa shape index (κ1) is 18.9. The van der Waals surface area contributed by atoms with Crippen molar-refractivity contribution in [1.29, 1.82) is 0 Å². The van der Waals surface area contributed by atoms with E-state index in [0.717, 1.165) is 23.4 Å². The minimum atomic E-state index is -0.177. The molecule has 3 aromatic carbocycles. The fourth-order valence-corrected chi connectivity index (χ4v) is 3.78. The highest BCUT2D eigenvalue weighted by molar-refractivity contribution is 6.09. The topological polar surface area (TPSA) is 49.4 Å². The van der Waals surface area contributed by atoms with Gasteiger partial charge in [0.2, 0.25) is 0 Å². The van der Waals surface area contributed by atoms with Crippen LogP contribution in [0.25, 0.3) is 0 Å². The van der Waals surface area contributed by atoms with E-state index in [4.69, 9.17) is 0 Å². The van der Waals surface area contributed by atoms with Crippen molar-refractivity contribution in [2.24, 2.45) is 0 Å². The quantitative estimate of drug-likeness (QED) is 0.666. The molecule has 0 saturated heterocycles. The molecule has 4 nitrogen and oxygen atoms in total. The monoisotopic (exact) mass is 384 g/mol. The smallest absolute Gasteiger partial charge is 0.258 e. The molecule has 4 heteroatoms. The predicted molar refractivity (Wildman–Crippen MR) is 117 cm³/mol. The van der Waals surface area contributed by atoms with Crippen LogP contribution in [0.2, 0.25) is 0 Å². The number of anilines is 2. The van der Waals surface area contributed by atoms with Crippen molar-refractivity contribution < 1.29 is 9.59 Å². The van der Waals surface area contributed by atoms with E-state index in [-0.39, 0.29) is 11.8 Å². The zero-order valence-corrected chi connectivity index (χ0v) is 16.7. The Kier molecular flexibility index (Phi) is 5.17. The van der Waals surface area contributed by atoms with E-state index in [2.05, 4.69) is 25.2 Å². The normalized spacial score (nSPS) is 12.7. The first-order valence-corrected chi connectivity index (χ1v) is 9.94. The maximum atomic E-state index is 12.9. The van der Waals surface area contributed by atoms with Crippen molar-refractivity contribution in [2.75, 3.05) is 16.8 Å². The molecule has 29 heavy (non-hydrogen) atoms. The largest absolute Gasteiger partial charge is 0.322 e. The summed E-state index contributed by atoms with van der Waals surface area (Å²) in [6, 6.07) is 22.7. The maximum absolute atomic E-state index is 12.9. The molecule has 0 unspecified atom stereocenters. The summed E-state index contributed by atoms with van der Waals surface area (Å²) in [5, 5.41) is 2.99. The molecular formula is C25H24N2O2. The van der Waals surface area contributed by atoms with E-state index in [1.54, 1.807) is 24.3 Å². The Hall–Kier alpha value is -3.40. The Labute approximate surface area is 171 Å². The first-order valence-electron chi connectivity index (χ1n) is 9.94. The summed E-state index contributed by atoms with van der Waals surface area (Å²) in [6.07, 6.45) is 0.873. The summed E-state index contributed by atoms with van der Waals surface area (Å²) in [6.45, 7) is 4.89. The van der Waals surface area contributed by atoms with Gasteiger partial charge < -0.3 is 10.2 Å². The van der Waals surface area contributed by atoms with Gasteiger partial charge in [-0.3, -0.25) is 9.59 Å². The molecule has 2 amide bonds. The van der Waals surface area contributed by atoms with Crippen molar-refractivity contribution in [1.82, 2.24) is 0 Å². The molecule has 0 aliphatic carbocycles. The molecule has 0 saturated carbocycles. The van der Waals surface area contributed by atoms with Crippen LogP contribution in [-0.2, 0) is 6.42 Å². The second-order valence-electron chi connectivity index (χ2n) is 7.61. The van der Waals surface area contributed by atoms with Gasteiger partial charge in [0, 0.05) is 29.0 Å². The van der Waals surface area contributed by atoms with Crippen molar-refractivity contribution in [3.63, 3.8) is 0 Å². The van der Waals surface area contributed by atoms with Crippen LogP contribution in [0.15, 0.2) is 72.8 Å². The summed E-state index contributed by atoms with van der Waals surface area (Å²) in [5.41, 5.74) is 5.20. The average Bonchev–Trinajstić information content (AvgIpc) is 3.17. The number of amides is 2. The van der Waals surface area contributed by atoms with E-state index >= 15 is 0 Å². The molecule has 0 radical (unpaired) electrons. The molecule has 146 valence electrons. The highest BCUT2D eigenvalue weighted by Gasteiger charge is 2.25. The van der Waals surface area contributed by atoms with Gasteiger partial charge in [0.05, 0.1) is 0 Å². The molecule has 1 N–H and O–H groups in total. The third-order valence-electron chi connectivity index (χ3n) is 5.36. The fraction of sp³-hybridized carbons (Fsp3) is 0.200. The third-order valence-corrected chi connectivity index (χ3v) is 5.36. The van der Waals surface area contributed by atoms with Gasteiger partial charge >= 0.3 is 0 Å². The van der Waals surface area contributed by atoms with E-state index in [0.29, 0.717) is 23.6 Å². The highest BCUT2D eigenvalue weighted by Crippen LogP contribution is 2.29. The summed E-state index contributed by atoms with van der Waals surface area (Å²) in [5.74, 6) is 0.102. The number of carbonyl (C=O) groups excluding carboxylic acids is 2. The number of carbonyl (C=O) groups is 2. The minimum absolute atomic E-state index is 0.0351.